The number of allylic oxidation sites excluding steroid dienone is 1. The van der Waals surface area contributed by atoms with Crippen molar-refractivity contribution in [2.45, 2.75) is 155 Å². The molecule has 0 aromatic rings. The summed E-state index contributed by atoms with van der Waals surface area (Å²) in [5.74, 6) is 0.402. The second kappa shape index (κ2) is 27.1. The first-order valence-corrected chi connectivity index (χ1v) is 14.5. The van der Waals surface area contributed by atoms with Crippen LogP contribution in [-0.2, 0) is 14.3 Å². The summed E-state index contributed by atoms with van der Waals surface area (Å²) in [7, 11) is 0. The van der Waals surface area contributed by atoms with Crippen molar-refractivity contribution in [3.8, 4) is 0 Å². The molecule has 0 aliphatic heterocycles. The largest absolute Gasteiger partial charge is 0.461 e. The number of ether oxygens (including phenoxy) is 1. The van der Waals surface area contributed by atoms with Crippen molar-refractivity contribution in [2.24, 2.45) is 5.92 Å². The third-order valence-electron chi connectivity index (χ3n) is 6.62. The summed E-state index contributed by atoms with van der Waals surface area (Å²) in [4.78, 5) is 22.9. The lowest BCUT2D eigenvalue weighted by molar-refractivity contribution is -0.142. The molecule has 0 aromatic heterocycles. The Hall–Kier alpha value is -1.12. The van der Waals surface area contributed by atoms with E-state index in [9.17, 15) is 9.59 Å². The van der Waals surface area contributed by atoms with E-state index in [1.165, 1.54) is 96.3 Å². The predicted molar refractivity (Wildman–Crippen MR) is 143 cm³/mol. The molecule has 0 spiro atoms. The maximum atomic E-state index is 11.9. The fourth-order valence-corrected chi connectivity index (χ4v) is 4.40. The van der Waals surface area contributed by atoms with Crippen LogP contribution >= 0.6 is 0 Å². The van der Waals surface area contributed by atoms with Gasteiger partial charge in [-0.2, -0.15) is 0 Å². The normalized spacial score (nSPS) is 12.3. The van der Waals surface area contributed by atoms with Gasteiger partial charge in [-0.3, -0.25) is 4.79 Å². The van der Waals surface area contributed by atoms with Gasteiger partial charge in [-0.25, -0.2) is 0 Å². The molecule has 0 saturated heterocycles. The number of unbranched alkanes of at least 4 members (excludes halogenated alkanes) is 15. The average Bonchev–Trinajstić information content (AvgIpc) is 2.81. The van der Waals surface area contributed by atoms with E-state index in [0.29, 0.717) is 25.4 Å². The van der Waals surface area contributed by atoms with E-state index in [0.717, 1.165) is 38.4 Å². The predicted octanol–water partition coefficient (Wildman–Crippen LogP) is 9.52. The van der Waals surface area contributed by atoms with Crippen LogP contribution in [0.5, 0.6) is 0 Å². The number of aldehydes is 1. The third kappa shape index (κ3) is 25.3. The summed E-state index contributed by atoms with van der Waals surface area (Å²) in [6.45, 7) is 4.91. The van der Waals surface area contributed by atoms with Crippen molar-refractivity contribution < 1.29 is 14.3 Å². The lowest BCUT2D eigenvalue weighted by Crippen LogP contribution is -2.06. The molecule has 0 bridgehead atoms. The van der Waals surface area contributed by atoms with Gasteiger partial charge >= 0.3 is 5.97 Å². The monoisotopic (exact) mass is 464 g/mol. The Morgan fingerprint density at radius 3 is 1.76 bits per heavy atom. The van der Waals surface area contributed by atoms with Crippen molar-refractivity contribution in [1.82, 2.24) is 0 Å². The quantitative estimate of drug-likeness (QED) is 0.0554. The first-order valence-electron chi connectivity index (χ1n) is 14.5. The number of esters is 1. The van der Waals surface area contributed by atoms with Crippen LogP contribution < -0.4 is 0 Å². The van der Waals surface area contributed by atoms with Gasteiger partial charge in [0.2, 0.25) is 0 Å². The first-order chi connectivity index (χ1) is 16.2. The molecule has 0 saturated carbocycles. The van der Waals surface area contributed by atoms with E-state index in [-0.39, 0.29) is 5.97 Å². The maximum absolute atomic E-state index is 11.9. The summed E-state index contributed by atoms with van der Waals surface area (Å²) >= 11 is 0. The smallest absolute Gasteiger partial charge is 0.306 e. The molecule has 3 nitrogen and oxygen atoms in total. The van der Waals surface area contributed by atoms with Gasteiger partial charge in [0.05, 0.1) is 0 Å². The van der Waals surface area contributed by atoms with Crippen molar-refractivity contribution in [2.75, 3.05) is 6.61 Å². The van der Waals surface area contributed by atoms with Crippen LogP contribution in [0.2, 0.25) is 0 Å². The third-order valence-corrected chi connectivity index (χ3v) is 6.62. The summed E-state index contributed by atoms with van der Waals surface area (Å²) in [6.07, 6.45) is 31.5. The molecule has 0 aliphatic carbocycles. The fraction of sp³-hybridized carbons (Fsp3) is 0.867. The van der Waals surface area contributed by atoms with E-state index in [2.05, 4.69) is 19.9 Å². The minimum Gasteiger partial charge on any atom is -0.461 e. The van der Waals surface area contributed by atoms with Gasteiger partial charge in [-0.1, -0.05) is 135 Å². The molecular weight excluding hydrogens is 408 g/mol. The van der Waals surface area contributed by atoms with Gasteiger partial charge in [-0.05, 0) is 25.2 Å². The van der Waals surface area contributed by atoms with E-state index in [1.807, 2.05) is 6.08 Å². The number of carbonyl (C=O) groups is 2. The van der Waals surface area contributed by atoms with Crippen LogP contribution in [-0.4, -0.2) is 18.9 Å². The molecule has 33 heavy (non-hydrogen) atoms. The summed E-state index contributed by atoms with van der Waals surface area (Å²) < 4.78 is 5.32. The number of carbonyl (C=O) groups excluding carboxylic acids is 2. The van der Waals surface area contributed by atoms with Crippen LogP contribution in [0.15, 0.2) is 12.2 Å². The highest BCUT2D eigenvalue weighted by Crippen LogP contribution is 2.21. The molecular formula is C30H56O3. The molecule has 0 fully saturated rings. The Bertz CT molecular complexity index is 444. The lowest BCUT2D eigenvalue weighted by atomic mass is 9.92. The zero-order valence-corrected chi connectivity index (χ0v) is 22.3. The molecule has 0 amide bonds. The zero-order chi connectivity index (χ0) is 24.2. The molecule has 0 aliphatic rings. The van der Waals surface area contributed by atoms with Gasteiger partial charge in [0.1, 0.15) is 12.9 Å². The Labute approximate surface area is 206 Å². The maximum Gasteiger partial charge on any atom is 0.306 e. The van der Waals surface area contributed by atoms with Crippen LogP contribution in [0, 0.1) is 5.92 Å². The number of hydrogen-bond donors (Lipinski definition) is 0. The Kier molecular flexibility index (Phi) is 26.2. The van der Waals surface area contributed by atoms with Crippen LogP contribution in [0.4, 0.5) is 0 Å². The van der Waals surface area contributed by atoms with Crippen molar-refractivity contribution in [3.05, 3.63) is 12.2 Å². The van der Waals surface area contributed by atoms with Gasteiger partial charge in [0.25, 0.3) is 0 Å². The lowest BCUT2D eigenvalue weighted by Gasteiger charge is -2.13. The molecule has 194 valence electrons. The molecule has 3 heteroatoms. The van der Waals surface area contributed by atoms with Crippen LogP contribution in [0.1, 0.15) is 155 Å². The van der Waals surface area contributed by atoms with E-state index >= 15 is 0 Å². The highest BCUT2D eigenvalue weighted by Gasteiger charge is 2.09. The molecule has 0 aromatic carbocycles. The van der Waals surface area contributed by atoms with Crippen molar-refractivity contribution >= 4 is 12.3 Å². The molecule has 0 N–H and O–H groups in total. The van der Waals surface area contributed by atoms with Gasteiger partial charge < -0.3 is 9.53 Å². The second-order valence-corrected chi connectivity index (χ2v) is 9.84. The number of hydrogen-bond acceptors (Lipinski definition) is 3. The highest BCUT2D eigenvalue weighted by atomic mass is 16.5. The van der Waals surface area contributed by atoms with Gasteiger partial charge in [0.15, 0.2) is 0 Å². The van der Waals surface area contributed by atoms with Gasteiger partial charge in [0, 0.05) is 12.8 Å². The standard InChI is InChI=1S/C30H56O3/c1-3-5-7-9-11-12-13-14-16-18-22-28-33-30(32)25-21-20-24-29(26-27-31)23-19-17-15-10-8-6-4-2/h18,22,27,29H,3-17,19-21,23-26,28H2,1-2H3/b22-18-. The molecule has 0 radical (unpaired) electrons. The first kappa shape index (κ1) is 31.9. The van der Waals surface area contributed by atoms with E-state index in [1.54, 1.807) is 0 Å². The summed E-state index contributed by atoms with van der Waals surface area (Å²) in [6, 6.07) is 0. The SMILES string of the molecule is CCCCCCCCCC/C=C\COC(=O)CCCCC(CC=O)CCCCCCCCC. The zero-order valence-electron chi connectivity index (χ0n) is 22.3. The second-order valence-electron chi connectivity index (χ2n) is 9.84. The van der Waals surface area contributed by atoms with E-state index in [4.69, 9.17) is 4.74 Å². The Morgan fingerprint density at radius 1 is 0.667 bits per heavy atom. The van der Waals surface area contributed by atoms with Gasteiger partial charge in [-0.15, -0.1) is 0 Å². The molecule has 0 rings (SSSR count). The fourth-order valence-electron chi connectivity index (χ4n) is 4.40. The van der Waals surface area contributed by atoms with Crippen LogP contribution in [0.3, 0.4) is 0 Å². The highest BCUT2D eigenvalue weighted by molar-refractivity contribution is 5.69. The van der Waals surface area contributed by atoms with Crippen LogP contribution in [0.25, 0.3) is 0 Å². The summed E-state index contributed by atoms with van der Waals surface area (Å²) in [5.41, 5.74) is 0. The Morgan fingerprint density at radius 2 is 1.18 bits per heavy atom. The van der Waals surface area contributed by atoms with Crippen molar-refractivity contribution in [3.63, 3.8) is 0 Å². The minimum absolute atomic E-state index is 0.0919. The molecule has 1 atom stereocenters. The molecule has 1 unspecified atom stereocenters. The van der Waals surface area contributed by atoms with E-state index < -0.39 is 0 Å². The van der Waals surface area contributed by atoms with Crippen molar-refractivity contribution in [1.29, 1.82) is 0 Å². The average molecular weight is 465 g/mol. The molecule has 0 heterocycles. The Balaban J connectivity index is 3.58. The number of rotatable bonds is 26. The topological polar surface area (TPSA) is 43.4 Å². The summed E-state index contributed by atoms with van der Waals surface area (Å²) in [5, 5.41) is 0. The minimum atomic E-state index is -0.0919.